The second-order valence-electron chi connectivity index (χ2n) is 4.08. The Labute approximate surface area is 92.0 Å². The zero-order chi connectivity index (χ0) is 11.1. The zero-order valence-electron chi connectivity index (χ0n) is 9.79. The molecule has 88 valence electrons. The normalized spacial score (nSPS) is 21.9. The summed E-state index contributed by atoms with van der Waals surface area (Å²) in [6.07, 6.45) is 1.75. The maximum atomic E-state index is 10.8. The molecule has 4 nitrogen and oxygen atoms in total. The van der Waals surface area contributed by atoms with Crippen LogP contribution in [0.15, 0.2) is 0 Å². The molecule has 0 amide bonds. The highest BCUT2D eigenvalue weighted by atomic mass is 16.5. The summed E-state index contributed by atoms with van der Waals surface area (Å²) in [4.78, 5) is 13.3. The third-order valence-electron chi connectivity index (χ3n) is 2.98. The van der Waals surface area contributed by atoms with Crippen molar-refractivity contribution in [1.29, 1.82) is 0 Å². The molecular weight excluding hydrogens is 192 g/mol. The minimum atomic E-state index is -0.135. The van der Waals surface area contributed by atoms with Gasteiger partial charge in [0.15, 0.2) is 0 Å². The smallest absolute Gasteiger partial charge is 0.306 e. The molecule has 0 aromatic carbocycles. The highest BCUT2D eigenvalue weighted by molar-refractivity contribution is 5.69. The Morgan fingerprint density at radius 3 is 3.00 bits per heavy atom. The van der Waals surface area contributed by atoms with Gasteiger partial charge in [-0.2, -0.15) is 0 Å². The molecule has 1 fully saturated rings. The minimum Gasteiger partial charge on any atom is -0.469 e. The Bertz CT molecular complexity index is 197. The first-order valence-corrected chi connectivity index (χ1v) is 5.76. The molecule has 1 aliphatic rings. The van der Waals surface area contributed by atoms with Crippen molar-refractivity contribution in [2.24, 2.45) is 5.92 Å². The molecule has 15 heavy (non-hydrogen) atoms. The number of nitrogens with one attached hydrogen (secondary N) is 1. The van der Waals surface area contributed by atoms with Crippen molar-refractivity contribution in [2.75, 3.05) is 39.8 Å². The number of methoxy groups -OCH3 is 1. The molecule has 0 spiro atoms. The van der Waals surface area contributed by atoms with E-state index in [1.165, 1.54) is 26.6 Å². The Morgan fingerprint density at radius 1 is 1.60 bits per heavy atom. The van der Waals surface area contributed by atoms with Gasteiger partial charge >= 0.3 is 5.97 Å². The summed E-state index contributed by atoms with van der Waals surface area (Å²) in [6, 6.07) is 0. The number of hydrogen-bond donors (Lipinski definition) is 1. The van der Waals surface area contributed by atoms with Crippen LogP contribution in [0.2, 0.25) is 0 Å². The van der Waals surface area contributed by atoms with Crippen LogP contribution in [0.4, 0.5) is 0 Å². The maximum Gasteiger partial charge on any atom is 0.306 e. The number of carbonyl (C=O) groups is 1. The van der Waals surface area contributed by atoms with Crippen molar-refractivity contribution in [3.8, 4) is 0 Å². The highest BCUT2D eigenvalue weighted by Crippen LogP contribution is 2.14. The van der Waals surface area contributed by atoms with E-state index in [2.05, 4.69) is 21.9 Å². The van der Waals surface area contributed by atoms with Crippen LogP contribution in [0.25, 0.3) is 0 Å². The molecule has 4 heteroatoms. The van der Waals surface area contributed by atoms with Gasteiger partial charge in [0.2, 0.25) is 0 Å². The van der Waals surface area contributed by atoms with Crippen molar-refractivity contribution in [3.05, 3.63) is 0 Å². The van der Waals surface area contributed by atoms with Crippen LogP contribution in [0.1, 0.15) is 19.8 Å². The van der Waals surface area contributed by atoms with Crippen LogP contribution in [0, 0.1) is 5.92 Å². The summed E-state index contributed by atoms with van der Waals surface area (Å²) in [5.74, 6) is 0.617. The van der Waals surface area contributed by atoms with Crippen LogP contribution < -0.4 is 5.32 Å². The van der Waals surface area contributed by atoms with Crippen molar-refractivity contribution in [1.82, 2.24) is 10.2 Å². The van der Waals surface area contributed by atoms with Gasteiger partial charge in [0.25, 0.3) is 0 Å². The fraction of sp³-hybridized carbons (Fsp3) is 0.909. The van der Waals surface area contributed by atoms with Gasteiger partial charge in [0, 0.05) is 13.1 Å². The molecule has 0 aliphatic carbocycles. The first-order chi connectivity index (χ1) is 7.26. The van der Waals surface area contributed by atoms with Gasteiger partial charge in [-0.1, -0.05) is 6.92 Å². The number of nitrogens with zero attached hydrogens (tertiary/aromatic N) is 1. The van der Waals surface area contributed by atoms with E-state index in [0.29, 0.717) is 6.42 Å². The molecule has 0 saturated carbocycles. The molecular formula is C11H22N2O2. The molecule has 0 aromatic heterocycles. The molecule has 0 radical (unpaired) electrons. The van der Waals surface area contributed by atoms with E-state index in [0.717, 1.165) is 25.6 Å². The lowest BCUT2D eigenvalue weighted by Crippen LogP contribution is -2.28. The standard InChI is InChI=1S/C11H22N2O2/c1-3-13-7-5-10(9-13)8-12-6-4-11(14)15-2/h10,12H,3-9H2,1-2H3. The number of esters is 1. The summed E-state index contributed by atoms with van der Waals surface area (Å²) in [6.45, 7) is 7.52. The average Bonchev–Trinajstić information content (AvgIpc) is 2.72. The average molecular weight is 214 g/mol. The van der Waals surface area contributed by atoms with Crippen LogP contribution >= 0.6 is 0 Å². The lowest BCUT2D eigenvalue weighted by atomic mass is 10.1. The first kappa shape index (κ1) is 12.5. The van der Waals surface area contributed by atoms with Gasteiger partial charge in [-0.05, 0) is 32.0 Å². The quantitative estimate of drug-likeness (QED) is 0.516. The van der Waals surface area contributed by atoms with Crippen LogP contribution in [-0.4, -0.2) is 50.7 Å². The largest absolute Gasteiger partial charge is 0.469 e. The van der Waals surface area contributed by atoms with Gasteiger partial charge in [0.05, 0.1) is 13.5 Å². The number of carbonyl (C=O) groups excluding carboxylic acids is 1. The SMILES string of the molecule is CCN1CCC(CNCCC(=O)OC)C1. The topological polar surface area (TPSA) is 41.6 Å². The Balaban J connectivity index is 1.99. The second kappa shape index (κ2) is 6.80. The molecule has 1 rings (SSSR count). The van der Waals surface area contributed by atoms with Crippen LogP contribution in [0.3, 0.4) is 0 Å². The Morgan fingerprint density at radius 2 is 2.40 bits per heavy atom. The maximum absolute atomic E-state index is 10.8. The van der Waals surface area contributed by atoms with Gasteiger partial charge < -0.3 is 15.0 Å². The highest BCUT2D eigenvalue weighted by Gasteiger charge is 2.20. The molecule has 1 heterocycles. The third-order valence-corrected chi connectivity index (χ3v) is 2.98. The Kier molecular flexibility index (Phi) is 5.65. The summed E-state index contributed by atoms with van der Waals surface area (Å²) >= 11 is 0. The van der Waals surface area contributed by atoms with Gasteiger partial charge in [-0.25, -0.2) is 0 Å². The second-order valence-corrected chi connectivity index (χ2v) is 4.08. The third kappa shape index (κ3) is 4.62. The van der Waals surface area contributed by atoms with Crippen molar-refractivity contribution in [3.63, 3.8) is 0 Å². The van der Waals surface area contributed by atoms with E-state index in [1.807, 2.05) is 0 Å². The molecule has 1 saturated heterocycles. The lowest BCUT2D eigenvalue weighted by Gasteiger charge is -2.13. The zero-order valence-corrected chi connectivity index (χ0v) is 9.79. The van der Waals surface area contributed by atoms with E-state index in [9.17, 15) is 4.79 Å². The summed E-state index contributed by atoms with van der Waals surface area (Å²) in [7, 11) is 1.43. The summed E-state index contributed by atoms with van der Waals surface area (Å²) < 4.78 is 4.57. The number of ether oxygens (including phenoxy) is 1. The summed E-state index contributed by atoms with van der Waals surface area (Å²) in [5, 5.41) is 3.31. The molecule has 1 unspecified atom stereocenters. The predicted octanol–water partition coefficient (Wildman–Crippen LogP) is 0.481. The number of rotatable bonds is 6. The summed E-state index contributed by atoms with van der Waals surface area (Å²) in [5.41, 5.74) is 0. The fourth-order valence-corrected chi connectivity index (χ4v) is 1.97. The van der Waals surface area contributed by atoms with Crippen molar-refractivity contribution < 1.29 is 9.53 Å². The minimum absolute atomic E-state index is 0.135. The van der Waals surface area contributed by atoms with Crippen LogP contribution in [0.5, 0.6) is 0 Å². The molecule has 0 aromatic rings. The monoisotopic (exact) mass is 214 g/mol. The fourth-order valence-electron chi connectivity index (χ4n) is 1.97. The number of likely N-dealkylation sites (tertiary alicyclic amines) is 1. The van der Waals surface area contributed by atoms with Crippen molar-refractivity contribution in [2.45, 2.75) is 19.8 Å². The van der Waals surface area contributed by atoms with E-state index in [1.54, 1.807) is 0 Å². The Hall–Kier alpha value is -0.610. The first-order valence-electron chi connectivity index (χ1n) is 5.76. The predicted molar refractivity (Wildman–Crippen MR) is 59.7 cm³/mol. The van der Waals surface area contributed by atoms with Crippen LogP contribution in [-0.2, 0) is 9.53 Å². The van der Waals surface area contributed by atoms with E-state index < -0.39 is 0 Å². The van der Waals surface area contributed by atoms with E-state index >= 15 is 0 Å². The van der Waals surface area contributed by atoms with Crippen molar-refractivity contribution >= 4 is 5.97 Å². The number of hydrogen-bond acceptors (Lipinski definition) is 4. The lowest BCUT2D eigenvalue weighted by molar-refractivity contribution is -0.140. The van der Waals surface area contributed by atoms with Gasteiger partial charge in [-0.3, -0.25) is 4.79 Å². The molecule has 0 bridgehead atoms. The van der Waals surface area contributed by atoms with Gasteiger partial charge in [0.1, 0.15) is 0 Å². The van der Waals surface area contributed by atoms with E-state index in [-0.39, 0.29) is 5.97 Å². The van der Waals surface area contributed by atoms with E-state index in [4.69, 9.17) is 0 Å². The molecule has 1 aliphatic heterocycles. The van der Waals surface area contributed by atoms with Gasteiger partial charge in [-0.15, -0.1) is 0 Å². The molecule has 1 atom stereocenters. The molecule has 1 N–H and O–H groups in total.